The van der Waals surface area contributed by atoms with Gasteiger partial charge in [0, 0.05) is 12.0 Å². The van der Waals surface area contributed by atoms with Crippen molar-refractivity contribution in [1.29, 1.82) is 0 Å². The number of nitrogens with zero attached hydrogens (tertiary/aromatic N) is 1. The average molecular weight is 159 g/mol. The van der Waals surface area contributed by atoms with E-state index in [1.54, 1.807) is 0 Å². The van der Waals surface area contributed by atoms with E-state index in [-0.39, 0.29) is 0 Å². The lowest BCUT2D eigenvalue weighted by Gasteiger charge is -1.96. The highest BCUT2D eigenvalue weighted by atomic mass is 31.0. The molecular formula is C8H18NP. The van der Waals surface area contributed by atoms with Gasteiger partial charge in [-0.15, -0.1) is 0 Å². The van der Waals surface area contributed by atoms with Gasteiger partial charge in [-0.3, -0.25) is 4.99 Å². The molecule has 0 aromatic rings. The van der Waals surface area contributed by atoms with E-state index >= 15 is 0 Å². The third-order valence-corrected chi connectivity index (χ3v) is 1.80. The standard InChI is InChI=1S/C8H18NP/c1-3-5-6-8(10)9-7-4-2/h3-7,10H2,1-2H3. The van der Waals surface area contributed by atoms with Crippen LogP contribution in [-0.4, -0.2) is 12.0 Å². The fourth-order valence-electron chi connectivity index (χ4n) is 0.692. The first kappa shape index (κ1) is 10.1. The quantitative estimate of drug-likeness (QED) is 0.432. The molecule has 0 saturated heterocycles. The first-order valence-corrected chi connectivity index (χ1v) is 4.67. The van der Waals surface area contributed by atoms with Gasteiger partial charge in [0.15, 0.2) is 0 Å². The molecule has 2 heteroatoms. The normalized spacial score (nSPS) is 12.1. The summed E-state index contributed by atoms with van der Waals surface area (Å²) in [5, 5.41) is 0. The van der Waals surface area contributed by atoms with Gasteiger partial charge in [-0.05, 0) is 19.3 Å². The SMILES string of the molecule is CCCCC(P)=NCCC. The van der Waals surface area contributed by atoms with Crippen molar-refractivity contribution in [2.24, 2.45) is 4.99 Å². The van der Waals surface area contributed by atoms with Gasteiger partial charge >= 0.3 is 0 Å². The minimum Gasteiger partial charge on any atom is -0.290 e. The van der Waals surface area contributed by atoms with Gasteiger partial charge in [0.05, 0.1) is 0 Å². The van der Waals surface area contributed by atoms with E-state index in [0.29, 0.717) is 0 Å². The predicted molar refractivity (Wildman–Crippen MR) is 51.8 cm³/mol. The molecule has 0 amide bonds. The van der Waals surface area contributed by atoms with Crippen molar-refractivity contribution in [3.05, 3.63) is 0 Å². The topological polar surface area (TPSA) is 12.4 Å². The molecule has 0 fully saturated rings. The van der Waals surface area contributed by atoms with E-state index in [1.165, 1.54) is 18.3 Å². The highest BCUT2D eigenvalue weighted by Crippen LogP contribution is 2.03. The van der Waals surface area contributed by atoms with Gasteiger partial charge in [0.2, 0.25) is 0 Å². The number of hydrogen-bond acceptors (Lipinski definition) is 1. The summed E-state index contributed by atoms with van der Waals surface area (Å²) >= 11 is 0. The van der Waals surface area contributed by atoms with Crippen LogP contribution < -0.4 is 0 Å². The fraction of sp³-hybridized carbons (Fsp3) is 0.875. The first-order chi connectivity index (χ1) is 4.81. The Morgan fingerprint density at radius 1 is 1.30 bits per heavy atom. The summed E-state index contributed by atoms with van der Waals surface area (Å²) < 4.78 is 0. The minimum atomic E-state index is 0.989. The lowest BCUT2D eigenvalue weighted by molar-refractivity contribution is 0.833. The molecule has 60 valence electrons. The Morgan fingerprint density at radius 3 is 2.50 bits per heavy atom. The first-order valence-electron chi connectivity index (χ1n) is 4.10. The maximum atomic E-state index is 4.36. The second-order valence-corrected chi connectivity index (χ2v) is 3.14. The molecule has 10 heavy (non-hydrogen) atoms. The van der Waals surface area contributed by atoms with Crippen molar-refractivity contribution in [3.63, 3.8) is 0 Å². The third kappa shape index (κ3) is 6.22. The van der Waals surface area contributed by atoms with Crippen molar-refractivity contribution < 1.29 is 0 Å². The molecule has 0 spiro atoms. The average Bonchev–Trinajstić information content (AvgIpc) is 1.97. The van der Waals surface area contributed by atoms with Gasteiger partial charge in [0.25, 0.3) is 0 Å². The lowest BCUT2D eigenvalue weighted by atomic mass is 10.3. The summed E-state index contributed by atoms with van der Waals surface area (Å²) in [5.41, 5.74) is 1.24. The molecule has 1 unspecified atom stereocenters. The molecule has 0 aliphatic rings. The molecule has 0 aliphatic heterocycles. The van der Waals surface area contributed by atoms with Crippen LogP contribution in [0.5, 0.6) is 0 Å². The third-order valence-electron chi connectivity index (χ3n) is 1.32. The molecule has 0 rings (SSSR count). The summed E-state index contributed by atoms with van der Waals surface area (Å²) in [6.45, 7) is 5.35. The Balaban J connectivity index is 3.30. The van der Waals surface area contributed by atoms with Crippen molar-refractivity contribution in [2.45, 2.75) is 39.5 Å². The molecule has 0 radical (unpaired) electrons. The molecular weight excluding hydrogens is 141 g/mol. The zero-order chi connectivity index (χ0) is 7.82. The van der Waals surface area contributed by atoms with E-state index in [4.69, 9.17) is 0 Å². The Bertz CT molecular complexity index is 99.4. The van der Waals surface area contributed by atoms with Gasteiger partial charge in [-0.25, -0.2) is 0 Å². The summed E-state index contributed by atoms with van der Waals surface area (Å²) in [4.78, 5) is 4.36. The van der Waals surface area contributed by atoms with Gasteiger partial charge in [-0.2, -0.15) is 0 Å². The maximum Gasteiger partial charge on any atom is 0.0390 e. The van der Waals surface area contributed by atoms with Crippen molar-refractivity contribution in [2.75, 3.05) is 6.54 Å². The zero-order valence-corrected chi connectivity index (χ0v) is 8.21. The van der Waals surface area contributed by atoms with Crippen LogP contribution in [-0.2, 0) is 0 Å². The molecule has 0 bridgehead atoms. The summed E-state index contributed by atoms with van der Waals surface area (Å²) in [6, 6.07) is 0. The van der Waals surface area contributed by atoms with Crippen LogP contribution >= 0.6 is 9.24 Å². The predicted octanol–water partition coefficient (Wildman–Crippen LogP) is 2.86. The molecule has 0 aliphatic carbocycles. The minimum absolute atomic E-state index is 0.989. The highest BCUT2D eigenvalue weighted by molar-refractivity contribution is 7.40. The van der Waals surface area contributed by atoms with Crippen LogP contribution in [0.25, 0.3) is 0 Å². The van der Waals surface area contributed by atoms with Crippen LogP contribution in [0.2, 0.25) is 0 Å². The van der Waals surface area contributed by atoms with Crippen molar-refractivity contribution in [3.8, 4) is 0 Å². The van der Waals surface area contributed by atoms with E-state index in [2.05, 4.69) is 28.1 Å². The monoisotopic (exact) mass is 159 g/mol. The second kappa shape index (κ2) is 7.21. The smallest absolute Gasteiger partial charge is 0.0390 e. The second-order valence-electron chi connectivity index (χ2n) is 2.48. The van der Waals surface area contributed by atoms with E-state index in [0.717, 1.165) is 19.4 Å². The number of aliphatic imine (C=N–C) groups is 1. The lowest BCUT2D eigenvalue weighted by Crippen LogP contribution is -1.88. The summed E-state index contributed by atoms with van der Waals surface area (Å²) in [5.74, 6) is 0. The Labute approximate surface area is 66.5 Å². The molecule has 0 N–H and O–H groups in total. The largest absolute Gasteiger partial charge is 0.290 e. The summed E-state index contributed by atoms with van der Waals surface area (Å²) in [6.07, 6.45) is 4.84. The van der Waals surface area contributed by atoms with Crippen molar-refractivity contribution >= 4 is 14.7 Å². The van der Waals surface area contributed by atoms with E-state index in [1.807, 2.05) is 0 Å². The van der Waals surface area contributed by atoms with Crippen LogP contribution in [0.3, 0.4) is 0 Å². The molecule has 0 aromatic carbocycles. The summed E-state index contributed by atoms with van der Waals surface area (Å²) in [7, 11) is 2.71. The van der Waals surface area contributed by atoms with Crippen LogP contribution in [0.1, 0.15) is 39.5 Å². The Morgan fingerprint density at radius 2 is 2.00 bits per heavy atom. The Hall–Kier alpha value is 0.100. The van der Waals surface area contributed by atoms with Crippen LogP contribution in [0, 0.1) is 0 Å². The molecule has 1 atom stereocenters. The number of hydrogen-bond donors (Lipinski definition) is 0. The van der Waals surface area contributed by atoms with Crippen molar-refractivity contribution in [1.82, 2.24) is 0 Å². The fourth-order valence-corrected chi connectivity index (χ4v) is 1.03. The molecule has 0 heterocycles. The van der Waals surface area contributed by atoms with Gasteiger partial charge in [0.1, 0.15) is 0 Å². The highest BCUT2D eigenvalue weighted by Gasteiger charge is 1.88. The molecule has 1 nitrogen and oxygen atoms in total. The van der Waals surface area contributed by atoms with E-state index < -0.39 is 0 Å². The van der Waals surface area contributed by atoms with Gasteiger partial charge < -0.3 is 0 Å². The number of unbranched alkanes of at least 4 members (excludes halogenated alkanes) is 1. The van der Waals surface area contributed by atoms with Gasteiger partial charge in [-0.1, -0.05) is 29.5 Å². The maximum absolute atomic E-state index is 4.36. The molecule has 0 aromatic heterocycles. The van der Waals surface area contributed by atoms with Crippen LogP contribution in [0.4, 0.5) is 0 Å². The number of rotatable bonds is 5. The van der Waals surface area contributed by atoms with E-state index in [9.17, 15) is 0 Å². The molecule has 0 saturated carbocycles. The van der Waals surface area contributed by atoms with Crippen LogP contribution in [0.15, 0.2) is 4.99 Å². The Kier molecular flexibility index (Phi) is 7.28. The zero-order valence-electron chi connectivity index (χ0n) is 7.06.